The van der Waals surface area contributed by atoms with Crippen LogP contribution in [0.4, 0.5) is 28.7 Å². The standard InChI is InChI=1S/C39H48N8O3/c1-5-39(48)43-32-23-33(36(49-4)24-35(32)46-16-13-29(14-17-46)45-20-18-44(19-21-45)27(2)3)42-37-25-38(41-26-40-37)47-34(15-22-50-47)31-12-8-10-28-9-6-7-11-30(28)31/h5-12,23-27,29,34H,1,13-22H2,2-4H3,(H,43,48)(H,40,41,42)/t34-/m1/s1. The summed E-state index contributed by atoms with van der Waals surface area (Å²) in [6.07, 6.45) is 5.81. The lowest BCUT2D eigenvalue weighted by Crippen LogP contribution is -2.54. The topological polar surface area (TPSA) is 98.3 Å². The van der Waals surface area contributed by atoms with E-state index in [9.17, 15) is 4.79 Å². The molecule has 3 fully saturated rings. The first kappa shape index (κ1) is 33.8. The molecular weight excluding hydrogens is 628 g/mol. The molecule has 11 nitrogen and oxygen atoms in total. The molecule has 0 bridgehead atoms. The number of piperazine rings is 1. The summed E-state index contributed by atoms with van der Waals surface area (Å²) in [6, 6.07) is 21.8. The fourth-order valence-corrected chi connectivity index (χ4v) is 7.66. The molecule has 3 saturated heterocycles. The summed E-state index contributed by atoms with van der Waals surface area (Å²) in [5, 5.41) is 10.8. The predicted octanol–water partition coefficient (Wildman–Crippen LogP) is 6.38. The van der Waals surface area contributed by atoms with Crippen LogP contribution in [0, 0.1) is 0 Å². The van der Waals surface area contributed by atoms with Crippen molar-refractivity contribution >= 4 is 45.4 Å². The quantitative estimate of drug-likeness (QED) is 0.184. The third-order valence-corrected chi connectivity index (χ3v) is 10.4. The average Bonchev–Trinajstić information content (AvgIpc) is 3.65. The monoisotopic (exact) mass is 676 g/mol. The summed E-state index contributed by atoms with van der Waals surface area (Å²) in [4.78, 5) is 35.5. The molecule has 11 heteroatoms. The van der Waals surface area contributed by atoms with Gasteiger partial charge in [0.15, 0.2) is 5.82 Å². The van der Waals surface area contributed by atoms with Crippen LogP contribution in [0.5, 0.6) is 5.75 Å². The van der Waals surface area contributed by atoms with Crippen molar-refractivity contribution in [3.8, 4) is 5.75 Å². The number of hydrogen-bond acceptors (Lipinski definition) is 10. The van der Waals surface area contributed by atoms with Gasteiger partial charge in [0.1, 0.15) is 17.9 Å². The number of aromatic nitrogens is 2. The minimum absolute atomic E-state index is 0.00664. The number of rotatable bonds is 10. The molecule has 0 spiro atoms. The Morgan fingerprint density at radius 1 is 0.960 bits per heavy atom. The molecule has 3 aliphatic heterocycles. The van der Waals surface area contributed by atoms with Gasteiger partial charge >= 0.3 is 0 Å². The number of carbonyl (C=O) groups excluding carboxylic acids is 1. The van der Waals surface area contributed by atoms with Crippen LogP contribution in [-0.4, -0.2) is 90.7 Å². The maximum Gasteiger partial charge on any atom is 0.247 e. The third-order valence-electron chi connectivity index (χ3n) is 10.4. The number of methoxy groups -OCH3 is 1. The lowest BCUT2D eigenvalue weighted by molar-refractivity contribution is -0.111. The van der Waals surface area contributed by atoms with Crippen LogP contribution in [0.15, 0.2) is 79.6 Å². The van der Waals surface area contributed by atoms with Crippen molar-refractivity contribution in [3.63, 3.8) is 0 Å². The molecule has 262 valence electrons. The molecule has 0 radical (unpaired) electrons. The van der Waals surface area contributed by atoms with Crippen molar-refractivity contribution in [1.82, 2.24) is 19.8 Å². The van der Waals surface area contributed by atoms with E-state index in [0.717, 1.165) is 64.2 Å². The highest BCUT2D eigenvalue weighted by Gasteiger charge is 2.32. The number of benzene rings is 3. The Kier molecular flexibility index (Phi) is 10.2. The molecule has 4 heterocycles. The van der Waals surface area contributed by atoms with Gasteiger partial charge in [0.2, 0.25) is 5.91 Å². The van der Waals surface area contributed by atoms with Crippen LogP contribution in [0.2, 0.25) is 0 Å². The Morgan fingerprint density at radius 3 is 2.50 bits per heavy atom. The lowest BCUT2D eigenvalue weighted by Gasteiger charge is -2.44. The predicted molar refractivity (Wildman–Crippen MR) is 200 cm³/mol. The minimum Gasteiger partial charge on any atom is -0.494 e. The van der Waals surface area contributed by atoms with E-state index in [2.05, 4.69) is 98.2 Å². The summed E-state index contributed by atoms with van der Waals surface area (Å²) >= 11 is 0. The molecule has 0 aliphatic carbocycles. The van der Waals surface area contributed by atoms with Gasteiger partial charge < -0.3 is 20.3 Å². The second-order valence-electron chi connectivity index (χ2n) is 13.6. The molecule has 1 amide bonds. The third kappa shape index (κ3) is 7.12. The number of anilines is 5. The van der Waals surface area contributed by atoms with E-state index in [1.165, 1.54) is 28.7 Å². The zero-order valence-electron chi connectivity index (χ0n) is 29.3. The minimum atomic E-state index is -0.268. The van der Waals surface area contributed by atoms with Crippen molar-refractivity contribution < 1.29 is 14.4 Å². The normalized spacial score (nSPS) is 19.2. The van der Waals surface area contributed by atoms with Crippen LogP contribution >= 0.6 is 0 Å². The van der Waals surface area contributed by atoms with E-state index in [1.54, 1.807) is 7.11 Å². The first-order valence-corrected chi connectivity index (χ1v) is 17.8. The number of nitrogens with one attached hydrogen (secondary N) is 2. The number of fused-ring (bicyclic) bond motifs is 1. The van der Waals surface area contributed by atoms with Crippen molar-refractivity contribution in [2.24, 2.45) is 0 Å². The fraction of sp³-hybridized carbons (Fsp3) is 0.410. The highest BCUT2D eigenvalue weighted by Crippen LogP contribution is 2.41. The highest BCUT2D eigenvalue weighted by atomic mass is 16.7. The molecule has 7 rings (SSSR count). The van der Waals surface area contributed by atoms with Crippen LogP contribution < -0.4 is 25.3 Å². The van der Waals surface area contributed by atoms with Crippen LogP contribution in [0.1, 0.15) is 44.7 Å². The summed E-state index contributed by atoms with van der Waals surface area (Å²) < 4.78 is 5.91. The van der Waals surface area contributed by atoms with Crippen molar-refractivity contribution in [2.45, 2.75) is 51.2 Å². The van der Waals surface area contributed by atoms with Gasteiger partial charge in [-0.15, -0.1) is 0 Å². The molecular formula is C39H48N8O3. The van der Waals surface area contributed by atoms with Gasteiger partial charge in [0.25, 0.3) is 0 Å². The zero-order valence-corrected chi connectivity index (χ0v) is 29.3. The van der Waals surface area contributed by atoms with E-state index >= 15 is 0 Å². The molecule has 50 heavy (non-hydrogen) atoms. The van der Waals surface area contributed by atoms with Crippen LogP contribution in [0.3, 0.4) is 0 Å². The number of amides is 1. The van der Waals surface area contributed by atoms with Gasteiger partial charge in [-0.25, -0.2) is 15.0 Å². The number of ether oxygens (including phenoxy) is 1. The molecule has 0 saturated carbocycles. The molecule has 3 aromatic carbocycles. The Hall–Kier alpha value is -4.71. The first-order valence-electron chi connectivity index (χ1n) is 17.8. The van der Waals surface area contributed by atoms with E-state index in [-0.39, 0.29) is 11.9 Å². The van der Waals surface area contributed by atoms with Gasteiger partial charge in [-0.2, -0.15) is 0 Å². The van der Waals surface area contributed by atoms with Crippen molar-refractivity contribution in [1.29, 1.82) is 0 Å². The summed E-state index contributed by atoms with van der Waals surface area (Å²) in [5.74, 6) is 1.61. The Balaban J connectivity index is 1.10. The summed E-state index contributed by atoms with van der Waals surface area (Å²) in [7, 11) is 1.66. The Labute approximate surface area is 294 Å². The zero-order chi connectivity index (χ0) is 34.6. The largest absolute Gasteiger partial charge is 0.494 e. The SMILES string of the molecule is C=CC(=O)Nc1cc(Nc2cc(N3OCC[C@@H]3c3cccc4ccccc34)ncn2)c(OC)cc1N1CCC(N2CCN(C(C)C)CC2)CC1. The molecule has 2 N–H and O–H groups in total. The number of carbonyl (C=O) groups is 1. The van der Waals surface area contributed by atoms with E-state index < -0.39 is 0 Å². The van der Waals surface area contributed by atoms with E-state index in [0.29, 0.717) is 47.5 Å². The summed E-state index contributed by atoms with van der Waals surface area (Å²) in [5.41, 5.74) is 3.49. The Morgan fingerprint density at radius 2 is 1.74 bits per heavy atom. The fourth-order valence-electron chi connectivity index (χ4n) is 7.66. The summed E-state index contributed by atoms with van der Waals surface area (Å²) in [6.45, 7) is 15.1. The second-order valence-corrected chi connectivity index (χ2v) is 13.6. The average molecular weight is 677 g/mol. The van der Waals surface area contributed by atoms with Gasteiger partial charge in [-0.05, 0) is 55.2 Å². The van der Waals surface area contributed by atoms with Gasteiger partial charge in [0, 0.05) is 69.9 Å². The van der Waals surface area contributed by atoms with Gasteiger partial charge in [0.05, 0.1) is 36.8 Å². The smallest absolute Gasteiger partial charge is 0.247 e. The van der Waals surface area contributed by atoms with Gasteiger partial charge in [-0.3, -0.25) is 19.4 Å². The molecule has 3 aliphatic rings. The van der Waals surface area contributed by atoms with Crippen molar-refractivity contribution in [2.75, 3.05) is 73.6 Å². The second kappa shape index (κ2) is 15.0. The van der Waals surface area contributed by atoms with E-state index in [4.69, 9.17) is 9.57 Å². The van der Waals surface area contributed by atoms with E-state index in [1.807, 2.05) is 23.3 Å². The lowest BCUT2D eigenvalue weighted by atomic mass is 9.97. The maximum atomic E-state index is 12.6. The number of piperidine rings is 1. The number of hydrogen-bond donors (Lipinski definition) is 2. The van der Waals surface area contributed by atoms with Gasteiger partial charge in [-0.1, -0.05) is 49.0 Å². The molecule has 1 atom stereocenters. The number of hydroxylamine groups is 1. The number of nitrogens with zero attached hydrogens (tertiary/aromatic N) is 6. The molecule has 1 aromatic heterocycles. The first-order chi connectivity index (χ1) is 24.4. The highest BCUT2D eigenvalue weighted by molar-refractivity contribution is 6.02. The molecule has 0 unspecified atom stereocenters. The maximum absolute atomic E-state index is 12.6. The Bertz CT molecular complexity index is 1810. The van der Waals surface area contributed by atoms with Crippen LogP contribution in [0.25, 0.3) is 10.8 Å². The van der Waals surface area contributed by atoms with Crippen molar-refractivity contribution in [3.05, 3.63) is 85.2 Å². The van der Waals surface area contributed by atoms with Crippen LogP contribution in [-0.2, 0) is 9.63 Å². The molecule has 4 aromatic rings.